The number of sulfonamides is 1. The zero-order valence-electron chi connectivity index (χ0n) is 13.8. The number of benzene rings is 2. The molecule has 1 aromatic heterocycles. The molecular formula is C17H13BrF2N2O4S. The lowest BCUT2D eigenvalue weighted by atomic mass is 9.98. The average molecular weight is 459 g/mol. The van der Waals surface area contributed by atoms with E-state index >= 15 is 0 Å². The monoisotopic (exact) mass is 458 g/mol. The van der Waals surface area contributed by atoms with E-state index in [1.165, 1.54) is 0 Å². The zero-order valence-corrected chi connectivity index (χ0v) is 16.2. The van der Waals surface area contributed by atoms with E-state index in [4.69, 9.17) is 9.66 Å². The summed E-state index contributed by atoms with van der Waals surface area (Å²) >= 11 is 3.38. The molecule has 2 aromatic carbocycles. The average Bonchev–Trinajstić information content (AvgIpc) is 3.01. The number of nitrogens with zero attached hydrogens (tertiary/aromatic N) is 1. The highest BCUT2D eigenvalue weighted by Gasteiger charge is 2.25. The third-order valence-corrected chi connectivity index (χ3v) is 5.73. The normalized spacial score (nSPS) is 11.8. The van der Waals surface area contributed by atoms with Gasteiger partial charge in [0.1, 0.15) is 28.8 Å². The van der Waals surface area contributed by atoms with E-state index in [1.54, 1.807) is 18.2 Å². The highest BCUT2D eigenvalue weighted by Crippen LogP contribution is 2.38. The van der Waals surface area contributed by atoms with Gasteiger partial charge in [-0.15, -0.1) is 0 Å². The Labute approximate surface area is 161 Å². The lowest BCUT2D eigenvalue weighted by molar-refractivity contribution is 0.230. The number of aliphatic hydroxyl groups is 1. The van der Waals surface area contributed by atoms with Crippen LogP contribution >= 0.6 is 15.9 Å². The van der Waals surface area contributed by atoms with Crippen LogP contribution in [0.3, 0.4) is 0 Å². The van der Waals surface area contributed by atoms with Crippen LogP contribution in [-0.2, 0) is 16.6 Å². The highest BCUT2D eigenvalue weighted by molar-refractivity contribution is 9.10. The van der Waals surface area contributed by atoms with Crippen molar-refractivity contribution in [1.29, 1.82) is 0 Å². The maximum atomic E-state index is 14.6. The largest absolute Gasteiger partial charge is 0.388 e. The summed E-state index contributed by atoms with van der Waals surface area (Å²) in [6.07, 6.45) is 0. The van der Waals surface area contributed by atoms with Crippen molar-refractivity contribution in [1.82, 2.24) is 5.16 Å². The van der Waals surface area contributed by atoms with Crippen molar-refractivity contribution in [2.75, 3.05) is 0 Å². The number of aromatic nitrogens is 1. The van der Waals surface area contributed by atoms with Crippen LogP contribution in [0, 0.1) is 18.6 Å². The second kappa shape index (κ2) is 7.12. The Morgan fingerprint density at radius 3 is 2.52 bits per heavy atom. The third kappa shape index (κ3) is 3.65. The van der Waals surface area contributed by atoms with Crippen LogP contribution in [0.2, 0.25) is 0 Å². The molecule has 0 saturated carbocycles. The first-order chi connectivity index (χ1) is 12.6. The minimum absolute atomic E-state index is 0.0191. The molecule has 0 saturated heterocycles. The molecule has 0 spiro atoms. The van der Waals surface area contributed by atoms with Crippen LogP contribution in [0.15, 0.2) is 44.2 Å². The van der Waals surface area contributed by atoms with Crippen LogP contribution < -0.4 is 5.14 Å². The summed E-state index contributed by atoms with van der Waals surface area (Å²) in [5.41, 5.74) is 1.35. The summed E-state index contributed by atoms with van der Waals surface area (Å²) in [7, 11) is -4.44. The number of aliphatic hydroxyl groups excluding tert-OH is 1. The Kier molecular flexibility index (Phi) is 5.17. The molecule has 10 heteroatoms. The number of aryl methyl sites for hydroxylation is 1. The van der Waals surface area contributed by atoms with E-state index in [0.717, 1.165) is 10.0 Å². The van der Waals surface area contributed by atoms with Gasteiger partial charge in [-0.1, -0.05) is 33.2 Å². The predicted octanol–water partition coefficient (Wildman–Crippen LogP) is 3.50. The molecule has 3 aromatic rings. The van der Waals surface area contributed by atoms with Crippen molar-refractivity contribution < 1.29 is 26.8 Å². The maximum Gasteiger partial charge on any atom is 0.241 e. The zero-order chi connectivity index (χ0) is 19.9. The van der Waals surface area contributed by atoms with Gasteiger partial charge < -0.3 is 9.63 Å². The Morgan fingerprint density at radius 1 is 1.22 bits per heavy atom. The number of primary sulfonamides is 1. The number of hydrogen-bond acceptors (Lipinski definition) is 5. The maximum absolute atomic E-state index is 14.6. The number of halogens is 3. The van der Waals surface area contributed by atoms with Crippen LogP contribution in [0.25, 0.3) is 22.4 Å². The summed E-state index contributed by atoms with van der Waals surface area (Å²) in [6, 6.07) is 6.38. The van der Waals surface area contributed by atoms with Gasteiger partial charge in [0.25, 0.3) is 0 Å². The van der Waals surface area contributed by atoms with Gasteiger partial charge in [0.05, 0.1) is 5.56 Å². The van der Waals surface area contributed by atoms with Gasteiger partial charge in [-0.05, 0) is 30.7 Å². The standard InChI is InChI=1S/C17H13BrF2N2O4S/c1-8-2-3-9(4-11(8)18)17-16(14(7-23)26-22-17)10-5-13(20)15(6-12(10)19)27(21,24)25/h2-6,23H,7H2,1H3,(H2,21,24,25). The summed E-state index contributed by atoms with van der Waals surface area (Å²) in [5.74, 6) is -2.37. The first-order valence-corrected chi connectivity index (χ1v) is 9.85. The molecule has 0 bridgehead atoms. The lowest BCUT2D eigenvalue weighted by Gasteiger charge is -2.09. The van der Waals surface area contributed by atoms with Gasteiger partial charge in [0.15, 0.2) is 5.76 Å². The van der Waals surface area contributed by atoms with Gasteiger partial charge in [-0.25, -0.2) is 22.3 Å². The van der Waals surface area contributed by atoms with Crippen molar-refractivity contribution >= 4 is 26.0 Å². The molecule has 3 N–H and O–H groups in total. The van der Waals surface area contributed by atoms with Gasteiger partial charge in [-0.2, -0.15) is 0 Å². The molecule has 0 aliphatic rings. The molecule has 0 atom stereocenters. The fourth-order valence-corrected chi connectivity index (χ4v) is 3.56. The van der Waals surface area contributed by atoms with Crippen molar-refractivity contribution in [3.63, 3.8) is 0 Å². The Balaban J connectivity index is 2.27. The Hall–Kier alpha value is -2.14. The molecule has 3 rings (SSSR count). The minimum atomic E-state index is -4.44. The Morgan fingerprint density at radius 2 is 1.93 bits per heavy atom. The predicted molar refractivity (Wildman–Crippen MR) is 97.0 cm³/mol. The van der Waals surface area contributed by atoms with Gasteiger partial charge in [-0.3, -0.25) is 0 Å². The molecule has 142 valence electrons. The molecule has 0 aliphatic carbocycles. The first kappa shape index (κ1) is 19.6. The van der Waals surface area contributed by atoms with E-state index in [1.807, 2.05) is 6.92 Å². The lowest BCUT2D eigenvalue weighted by Crippen LogP contribution is -2.14. The van der Waals surface area contributed by atoms with Crippen LogP contribution in [0.4, 0.5) is 8.78 Å². The van der Waals surface area contributed by atoms with E-state index in [0.29, 0.717) is 17.7 Å². The molecule has 1 heterocycles. The van der Waals surface area contributed by atoms with E-state index in [2.05, 4.69) is 21.1 Å². The second-order valence-electron chi connectivity index (χ2n) is 5.76. The fraction of sp³-hybridized carbons (Fsp3) is 0.118. The molecule has 6 nitrogen and oxygen atoms in total. The van der Waals surface area contributed by atoms with E-state index in [-0.39, 0.29) is 22.6 Å². The second-order valence-corrected chi connectivity index (χ2v) is 8.14. The van der Waals surface area contributed by atoms with Crippen LogP contribution in [0.1, 0.15) is 11.3 Å². The molecular weight excluding hydrogens is 446 g/mol. The van der Waals surface area contributed by atoms with Crippen molar-refractivity contribution in [2.24, 2.45) is 5.14 Å². The van der Waals surface area contributed by atoms with E-state index < -0.39 is 33.2 Å². The topological polar surface area (TPSA) is 106 Å². The Bertz CT molecular complexity index is 1150. The molecule has 0 aliphatic heterocycles. The summed E-state index contributed by atoms with van der Waals surface area (Å²) in [6.45, 7) is 1.26. The van der Waals surface area contributed by atoms with Crippen LogP contribution in [0.5, 0.6) is 0 Å². The van der Waals surface area contributed by atoms with Gasteiger partial charge >= 0.3 is 0 Å². The molecule has 0 amide bonds. The minimum Gasteiger partial charge on any atom is -0.388 e. The highest BCUT2D eigenvalue weighted by atomic mass is 79.9. The summed E-state index contributed by atoms with van der Waals surface area (Å²) < 4.78 is 57.5. The van der Waals surface area contributed by atoms with Gasteiger partial charge in [0.2, 0.25) is 10.0 Å². The summed E-state index contributed by atoms with van der Waals surface area (Å²) in [4.78, 5) is -0.967. The summed E-state index contributed by atoms with van der Waals surface area (Å²) in [5, 5.41) is 18.3. The van der Waals surface area contributed by atoms with E-state index in [9.17, 15) is 22.3 Å². The smallest absolute Gasteiger partial charge is 0.241 e. The fourth-order valence-electron chi connectivity index (χ4n) is 2.59. The molecule has 0 radical (unpaired) electrons. The SMILES string of the molecule is Cc1ccc(-c2noc(CO)c2-c2cc(F)c(S(N)(=O)=O)cc2F)cc1Br. The molecule has 27 heavy (non-hydrogen) atoms. The first-order valence-electron chi connectivity index (χ1n) is 7.51. The van der Waals surface area contributed by atoms with Gasteiger partial charge in [0, 0.05) is 15.6 Å². The number of hydrogen-bond donors (Lipinski definition) is 2. The molecule has 0 fully saturated rings. The number of nitrogens with two attached hydrogens (primary N) is 1. The van der Waals surface area contributed by atoms with Crippen LogP contribution in [-0.4, -0.2) is 18.7 Å². The third-order valence-electron chi connectivity index (χ3n) is 3.95. The number of rotatable bonds is 4. The quantitative estimate of drug-likeness (QED) is 0.622. The van der Waals surface area contributed by atoms with Crippen molar-refractivity contribution in [3.8, 4) is 22.4 Å². The van der Waals surface area contributed by atoms with Crippen molar-refractivity contribution in [3.05, 3.63) is 57.8 Å². The molecule has 0 unspecified atom stereocenters. The van der Waals surface area contributed by atoms with Crippen molar-refractivity contribution in [2.45, 2.75) is 18.4 Å².